The molecule has 84 valence electrons. The second-order valence-electron chi connectivity index (χ2n) is 3.62. The van der Waals surface area contributed by atoms with E-state index in [0.29, 0.717) is 11.5 Å². The Morgan fingerprint density at radius 2 is 1.82 bits per heavy atom. The van der Waals surface area contributed by atoms with Gasteiger partial charge in [0.05, 0.1) is 0 Å². The second kappa shape index (κ2) is 3.55. The molecule has 0 aliphatic carbocycles. The standard InChI is InChI=1S/C12H8FN3O/c13-9-5-3-8(4-6-9)11-14-15-12-10(17)2-1-7-16(11)12/h1-7,17H. The van der Waals surface area contributed by atoms with Crippen molar-refractivity contribution in [3.05, 3.63) is 48.4 Å². The lowest BCUT2D eigenvalue weighted by atomic mass is 10.2. The molecule has 0 fully saturated rings. The van der Waals surface area contributed by atoms with Crippen LogP contribution in [0.4, 0.5) is 4.39 Å². The van der Waals surface area contributed by atoms with Crippen molar-refractivity contribution in [1.82, 2.24) is 14.6 Å². The predicted molar refractivity (Wildman–Crippen MR) is 60.0 cm³/mol. The van der Waals surface area contributed by atoms with E-state index in [4.69, 9.17) is 0 Å². The van der Waals surface area contributed by atoms with E-state index in [0.717, 1.165) is 5.56 Å². The molecule has 2 heterocycles. The van der Waals surface area contributed by atoms with Gasteiger partial charge in [-0.3, -0.25) is 4.40 Å². The summed E-state index contributed by atoms with van der Waals surface area (Å²) in [5.41, 5.74) is 1.12. The first kappa shape index (κ1) is 9.77. The van der Waals surface area contributed by atoms with Crippen LogP contribution in [0.2, 0.25) is 0 Å². The molecule has 0 amide bonds. The molecule has 0 saturated heterocycles. The molecule has 0 aliphatic heterocycles. The van der Waals surface area contributed by atoms with Gasteiger partial charge in [-0.05, 0) is 36.4 Å². The maximum Gasteiger partial charge on any atom is 0.203 e. The van der Waals surface area contributed by atoms with Crippen LogP contribution in [-0.4, -0.2) is 19.7 Å². The number of fused-ring (bicyclic) bond motifs is 1. The molecule has 0 bridgehead atoms. The fourth-order valence-corrected chi connectivity index (χ4v) is 1.70. The van der Waals surface area contributed by atoms with E-state index in [1.165, 1.54) is 12.1 Å². The average Bonchev–Trinajstić information content (AvgIpc) is 2.75. The summed E-state index contributed by atoms with van der Waals surface area (Å²) in [6.07, 6.45) is 1.74. The quantitative estimate of drug-likeness (QED) is 0.696. The number of nitrogens with zero attached hydrogens (tertiary/aromatic N) is 3. The van der Waals surface area contributed by atoms with Crippen molar-refractivity contribution in [1.29, 1.82) is 0 Å². The molecule has 4 nitrogen and oxygen atoms in total. The number of hydrogen-bond donors (Lipinski definition) is 1. The van der Waals surface area contributed by atoms with E-state index >= 15 is 0 Å². The molecule has 3 rings (SSSR count). The first-order chi connectivity index (χ1) is 8.25. The molecule has 1 aromatic carbocycles. The van der Waals surface area contributed by atoms with Crippen LogP contribution in [0.3, 0.4) is 0 Å². The fourth-order valence-electron chi connectivity index (χ4n) is 1.70. The molecular weight excluding hydrogens is 221 g/mol. The predicted octanol–water partition coefficient (Wildman–Crippen LogP) is 2.24. The summed E-state index contributed by atoms with van der Waals surface area (Å²) >= 11 is 0. The first-order valence-electron chi connectivity index (χ1n) is 5.04. The van der Waals surface area contributed by atoms with E-state index in [1.807, 2.05) is 0 Å². The molecule has 1 N–H and O–H groups in total. The highest BCUT2D eigenvalue weighted by Crippen LogP contribution is 2.22. The Balaban J connectivity index is 2.24. The zero-order chi connectivity index (χ0) is 11.8. The highest BCUT2D eigenvalue weighted by molar-refractivity contribution is 5.62. The number of aromatic nitrogens is 3. The smallest absolute Gasteiger partial charge is 0.203 e. The van der Waals surface area contributed by atoms with Gasteiger partial charge in [0.15, 0.2) is 11.6 Å². The lowest BCUT2D eigenvalue weighted by Gasteiger charge is -2.00. The minimum Gasteiger partial charge on any atom is -0.504 e. The molecule has 0 saturated carbocycles. The Kier molecular flexibility index (Phi) is 2.04. The minimum atomic E-state index is -0.301. The van der Waals surface area contributed by atoms with Crippen LogP contribution in [-0.2, 0) is 0 Å². The Labute approximate surface area is 96.0 Å². The Morgan fingerprint density at radius 3 is 2.59 bits per heavy atom. The maximum absolute atomic E-state index is 12.8. The molecule has 2 aromatic heterocycles. The molecule has 0 unspecified atom stereocenters. The molecule has 0 atom stereocenters. The second-order valence-corrected chi connectivity index (χ2v) is 3.62. The third-order valence-electron chi connectivity index (χ3n) is 2.52. The van der Waals surface area contributed by atoms with Gasteiger partial charge in [-0.15, -0.1) is 10.2 Å². The van der Waals surface area contributed by atoms with Crippen molar-refractivity contribution in [2.45, 2.75) is 0 Å². The lowest BCUT2D eigenvalue weighted by molar-refractivity contribution is 0.477. The third kappa shape index (κ3) is 1.52. The number of benzene rings is 1. The van der Waals surface area contributed by atoms with E-state index in [-0.39, 0.29) is 11.6 Å². The van der Waals surface area contributed by atoms with Gasteiger partial charge < -0.3 is 5.11 Å². The highest BCUT2D eigenvalue weighted by atomic mass is 19.1. The summed E-state index contributed by atoms with van der Waals surface area (Å²) < 4.78 is 14.5. The molecule has 0 aliphatic rings. The summed E-state index contributed by atoms with van der Waals surface area (Å²) in [4.78, 5) is 0. The largest absolute Gasteiger partial charge is 0.504 e. The van der Waals surface area contributed by atoms with Crippen molar-refractivity contribution in [3.63, 3.8) is 0 Å². The summed E-state index contributed by atoms with van der Waals surface area (Å²) in [6, 6.07) is 9.20. The van der Waals surface area contributed by atoms with Crippen LogP contribution >= 0.6 is 0 Å². The van der Waals surface area contributed by atoms with Gasteiger partial charge in [0.1, 0.15) is 5.82 Å². The minimum absolute atomic E-state index is 0.0633. The van der Waals surface area contributed by atoms with Crippen molar-refractivity contribution >= 4 is 5.65 Å². The average molecular weight is 229 g/mol. The fraction of sp³-hybridized carbons (Fsp3) is 0. The maximum atomic E-state index is 12.8. The Bertz CT molecular complexity index is 676. The lowest BCUT2D eigenvalue weighted by Crippen LogP contribution is -1.89. The number of pyridine rings is 1. The van der Waals surface area contributed by atoms with Gasteiger partial charge in [0.2, 0.25) is 5.65 Å². The molecular formula is C12H8FN3O. The van der Waals surface area contributed by atoms with E-state index < -0.39 is 0 Å². The summed E-state index contributed by atoms with van der Waals surface area (Å²) in [5, 5.41) is 17.5. The normalized spacial score (nSPS) is 10.9. The van der Waals surface area contributed by atoms with Crippen molar-refractivity contribution in [3.8, 4) is 17.1 Å². The first-order valence-corrected chi connectivity index (χ1v) is 5.04. The van der Waals surface area contributed by atoms with Crippen molar-refractivity contribution in [2.75, 3.05) is 0 Å². The van der Waals surface area contributed by atoms with Crippen LogP contribution in [0.1, 0.15) is 0 Å². The summed E-state index contributed by atoms with van der Waals surface area (Å²) in [7, 11) is 0. The summed E-state index contributed by atoms with van der Waals surface area (Å²) in [5.74, 6) is 0.328. The highest BCUT2D eigenvalue weighted by Gasteiger charge is 2.09. The number of aromatic hydroxyl groups is 1. The zero-order valence-electron chi connectivity index (χ0n) is 8.71. The van der Waals surface area contributed by atoms with Crippen LogP contribution in [0, 0.1) is 5.82 Å². The third-order valence-corrected chi connectivity index (χ3v) is 2.52. The van der Waals surface area contributed by atoms with Gasteiger partial charge in [-0.2, -0.15) is 0 Å². The number of rotatable bonds is 1. The van der Waals surface area contributed by atoms with Crippen LogP contribution in [0.5, 0.6) is 5.75 Å². The van der Waals surface area contributed by atoms with Gasteiger partial charge >= 0.3 is 0 Å². The van der Waals surface area contributed by atoms with Crippen LogP contribution in [0.15, 0.2) is 42.6 Å². The number of hydrogen-bond acceptors (Lipinski definition) is 3. The Hall–Kier alpha value is -2.43. The topological polar surface area (TPSA) is 50.4 Å². The zero-order valence-corrected chi connectivity index (χ0v) is 8.71. The molecule has 0 spiro atoms. The van der Waals surface area contributed by atoms with Gasteiger partial charge in [-0.1, -0.05) is 0 Å². The molecule has 5 heteroatoms. The molecule has 0 radical (unpaired) electrons. The molecule has 17 heavy (non-hydrogen) atoms. The Morgan fingerprint density at radius 1 is 1.06 bits per heavy atom. The monoisotopic (exact) mass is 229 g/mol. The number of halogens is 1. The van der Waals surface area contributed by atoms with E-state index in [2.05, 4.69) is 10.2 Å². The van der Waals surface area contributed by atoms with Crippen molar-refractivity contribution < 1.29 is 9.50 Å². The van der Waals surface area contributed by atoms with Crippen molar-refractivity contribution in [2.24, 2.45) is 0 Å². The summed E-state index contributed by atoms with van der Waals surface area (Å²) in [6.45, 7) is 0. The van der Waals surface area contributed by atoms with Crippen LogP contribution < -0.4 is 0 Å². The van der Waals surface area contributed by atoms with E-state index in [9.17, 15) is 9.50 Å². The SMILES string of the molecule is Oc1cccn2c(-c3ccc(F)cc3)nnc12. The van der Waals surface area contributed by atoms with Gasteiger partial charge in [-0.25, -0.2) is 4.39 Å². The van der Waals surface area contributed by atoms with Gasteiger partial charge in [0.25, 0.3) is 0 Å². The van der Waals surface area contributed by atoms with E-state index in [1.54, 1.807) is 34.9 Å². The van der Waals surface area contributed by atoms with Gasteiger partial charge in [0, 0.05) is 11.8 Å². The molecule has 3 aromatic rings. The van der Waals surface area contributed by atoms with Crippen LogP contribution in [0.25, 0.3) is 17.0 Å².